The van der Waals surface area contributed by atoms with Crippen LogP contribution in [0.2, 0.25) is 0 Å². The quantitative estimate of drug-likeness (QED) is 0.651. The summed E-state index contributed by atoms with van der Waals surface area (Å²) in [5, 5.41) is 3.69. The number of hydrogen-bond donors (Lipinski definition) is 1. The molecule has 0 aliphatic heterocycles. The zero-order valence-electron chi connectivity index (χ0n) is 11.8. The number of aromatic nitrogens is 2. The van der Waals surface area contributed by atoms with Gasteiger partial charge in [-0.2, -0.15) is 4.98 Å². The number of thioether (sulfide) groups is 1. The van der Waals surface area contributed by atoms with Crippen molar-refractivity contribution in [3.8, 4) is 11.6 Å². The van der Waals surface area contributed by atoms with E-state index in [1.54, 1.807) is 6.07 Å². The molecule has 6 heteroatoms. The molecular formula is C14H16BrN3OS. The van der Waals surface area contributed by atoms with Crippen molar-refractivity contribution in [1.82, 2.24) is 9.97 Å². The molecule has 1 aromatic carbocycles. The van der Waals surface area contributed by atoms with E-state index in [2.05, 4.69) is 31.2 Å². The van der Waals surface area contributed by atoms with Crippen molar-refractivity contribution in [2.45, 2.75) is 19.0 Å². The molecular weight excluding hydrogens is 338 g/mol. The molecule has 2 rings (SSSR count). The van der Waals surface area contributed by atoms with Gasteiger partial charge >= 0.3 is 0 Å². The van der Waals surface area contributed by atoms with Crippen LogP contribution in [-0.2, 0) is 0 Å². The lowest BCUT2D eigenvalue weighted by atomic mass is 10.1. The third-order valence-electron chi connectivity index (χ3n) is 2.75. The fourth-order valence-electron chi connectivity index (χ4n) is 1.76. The van der Waals surface area contributed by atoms with Crippen LogP contribution >= 0.6 is 27.7 Å². The number of rotatable bonds is 4. The van der Waals surface area contributed by atoms with E-state index < -0.39 is 0 Å². The Kier molecular flexibility index (Phi) is 4.88. The predicted octanol–water partition coefficient (Wildman–Crippen LogP) is 4.41. The average Bonchev–Trinajstić information content (AvgIpc) is 2.44. The highest BCUT2D eigenvalue weighted by molar-refractivity contribution is 9.10. The molecule has 0 saturated heterocycles. The number of nitrogens with zero attached hydrogens (tertiary/aromatic N) is 2. The fraction of sp³-hybridized carbons (Fsp3) is 0.286. The van der Waals surface area contributed by atoms with Gasteiger partial charge in [0.15, 0.2) is 5.16 Å². The van der Waals surface area contributed by atoms with E-state index in [9.17, 15) is 0 Å². The van der Waals surface area contributed by atoms with E-state index in [0.29, 0.717) is 11.0 Å². The molecule has 4 nitrogen and oxygen atoms in total. The molecule has 20 heavy (non-hydrogen) atoms. The second kappa shape index (κ2) is 6.45. The first-order chi connectivity index (χ1) is 9.53. The van der Waals surface area contributed by atoms with Crippen LogP contribution in [0.4, 0.5) is 5.82 Å². The van der Waals surface area contributed by atoms with E-state index >= 15 is 0 Å². The number of anilines is 1. The lowest BCUT2D eigenvalue weighted by Gasteiger charge is -2.10. The van der Waals surface area contributed by atoms with Crippen molar-refractivity contribution in [2.75, 3.05) is 18.6 Å². The summed E-state index contributed by atoms with van der Waals surface area (Å²) < 4.78 is 6.96. The van der Waals surface area contributed by atoms with Crippen molar-refractivity contribution >= 4 is 33.5 Å². The molecule has 0 aliphatic carbocycles. The van der Waals surface area contributed by atoms with Crippen molar-refractivity contribution < 1.29 is 4.74 Å². The summed E-state index contributed by atoms with van der Waals surface area (Å²) in [7, 11) is 1.82. The maximum Gasteiger partial charge on any atom is 0.225 e. The Morgan fingerprint density at radius 3 is 2.35 bits per heavy atom. The van der Waals surface area contributed by atoms with E-state index in [1.165, 1.54) is 11.8 Å². The normalized spacial score (nSPS) is 10.4. The Morgan fingerprint density at radius 1 is 1.15 bits per heavy atom. The van der Waals surface area contributed by atoms with Crippen LogP contribution in [0.5, 0.6) is 11.6 Å². The van der Waals surface area contributed by atoms with Crippen LogP contribution in [-0.4, -0.2) is 23.3 Å². The van der Waals surface area contributed by atoms with Crippen molar-refractivity contribution in [1.29, 1.82) is 0 Å². The largest absolute Gasteiger partial charge is 0.439 e. The van der Waals surface area contributed by atoms with Gasteiger partial charge in [-0.05, 0) is 43.4 Å². The predicted molar refractivity (Wildman–Crippen MR) is 87.0 cm³/mol. The topological polar surface area (TPSA) is 47.0 Å². The second-order valence-electron chi connectivity index (χ2n) is 4.30. The molecule has 0 saturated carbocycles. The zero-order valence-corrected chi connectivity index (χ0v) is 14.2. The van der Waals surface area contributed by atoms with E-state index in [0.717, 1.165) is 27.2 Å². The summed E-state index contributed by atoms with van der Waals surface area (Å²) in [4.78, 5) is 8.67. The minimum atomic E-state index is 0.537. The second-order valence-corrected chi connectivity index (χ2v) is 5.87. The van der Waals surface area contributed by atoms with Crippen LogP contribution in [0.1, 0.15) is 11.1 Å². The summed E-state index contributed by atoms with van der Waals surface area (Å²) in [6.07, 6.45) is 1.94. The Labute approximate surface area is 131 Å². The SMILES string of the molecule is CNc1cc(Oc2cc(C)c(Br)c(C)c2)nc(SC)n1. The van der Waals surface area contributed by atoms with Gasteiger partial charge in [-0.15, -0.1) is 0 Å². The van der Waals surface area contributed by atoms with Gasteiger partial charge in [0.25, 0.3) is 0 Å². The van der Waals surface area contributed by atoms with E-state index in [1.807, 2.05) is 39.3 Å². The molecule has 0 spiro atoms. The van der Waals surface area contributed by atoms with Crippen LogP contribution < -0.4 is 10.1 Å². The first-order valence-electron chi connectivity index (χ1n) is 6.09. The summed E-state index contributed by atoms with van der Waals surface area (Å²) in [6, 6.07) is 5.75. The van der Waals surface area contributed by atoms with Crippen molar-refractivity contribution in [2.24, 2.45) is 0 Å². The summed E-state index contributed by atoms with van der Waals surface area (Å²) >= 11 is 5.03. The minimum Gasteiger partial charge on any atom is -0.439 e. The molecule has 2 aromatic rings. The smallest absolute Gasteiger partial charge is 0.225 e. The maximum atomic E-state index is 5.85. The molecule has 0 unspecified atom stereocenters. The first-order valence-corrected chi connectivity index (χ1v) is 8.10. The third kappa shape index (κ3) is 3.43. The van der Waals surface area contributed by atoms with Gasteiger partial charge in [-0.3, -0.25) is 0 Å². The fourth-order valence-corrected chi connectivity index (χ4v) is 2.36. The molecule has 0 fully saturated rings. The molecule has 0 aliphatic rings. The summed E-state index contributed by atoms with van der Waals surface area (Å²) in [5.41, 5.74) is 2.26. The standard InChI is InChI=1S/C14H16BrN3OS/c1-8-5-10(6-9(2)13(8)15)19-12-7-11(16-3)17-14(18-12)20-4/h5-7H,1-4H3,(H,16,17,18). The number of aryl methyl sites for hydroxylation is 2. The van der Waals surface area contributed by atoms with Gasteiger partial charge < -0.3 is 10.1 Å². The molecule has 0 bridgehead atoms. The van der Waals surface area contributed by atoms with Gasteiger partial charge in [0.05, 0.1) is 0 Å². The molecule has 0 radical (unpaired) electrons. The van der Waals surface area contributed by atoms with Crippen LogP contribution in [0.15, 0.2) is 27.8 Å². The Bertz CT molecular complexity index is 589. The monoisotopic (exact) mass is 353 g/mol. The molecule has 1 N–H and O–H groups in total. The van der Waals surface area contributed by atoms with Gasteiger partial charge in [-0.25, -0.2) is 4.98 Å². The lowest BCUT2D eigenvalue weighted by molar-refractivity contribution is 0.455. The Balaban J connectivity index is 2.34. The highest BCUT2D eigenvalue weighted by Crippen LogP contribution is 2.30. The zero-order chi connectivity index (χ0) is 14.7. The lowest BCUT2D eigenvalue weighted by Crippen LogP contribution is -1.98. The summed E-state index contributed by atoms with van der Waals surface area (Å²) in [5.74, 6) is 2.05. The number of halogens is 1. The maximum absolute atomic E-state index is 5.85. The molecule has 106 valence electrons. The van der Waals surface area contributed by atoms with Gasteiger partial charge in [-0.1, -0.05) is 27.7 Å². The third-order valence-corrected chi connectivity index (χ3v) is 4.55. The van der Waals surface area contributed by atoms with Crippen molar-refractivity contribution in [3.63, 3.8) is 0 Å². The number of nitrogens with one attached hydrogen (secondary N) is 1. The number of hydrogen-bond acceptors (Lipinski definition) is 5. The highest BCUT2D eigenvalue weighted by atomic mass is 79.9. The van der Waals surface area contributed by atoms with Crippen molar-refractivity contribution in [3.05, 3.63) is 33.8 Å². The molecule has 0 atom stereocenters. The average molecular weight is 354 g/mol. The van der Waals surface area contributed by atoms with E-state index in [-0.39, 0.29) is 0 Å². The number of benzene rings is 1. The van der Waals surface area contributed by atoms with Gasteiger partial charge in [0.2, 0.25) is 5.88 Å². The van der Waals surface area contributed by atoms with E-state index in [4.69, 9.17) is 4.74 Å². The minimum absolute atomic E-state index is 0.537. The van der Waals surface area contributed by atoms with Crippen LogP contribution in [0.25, 0.3) is 0 Å². The first kappa shape index (κ1) is 15.1. The van der Waals surface area contributed by atoms with Crippen LogP contribution in [0.3, 0.4) is 0 Å². The Hall–Kier alpha value is -1.27. The van der Waals surface area contributed by atoms with Gasteiger partial charge in [0.1, 0.15) is 11.6 Å². The highest BCUT2D eigenvalue weighted by Gasteiger charge is 2.08. The molecule has 1 heterocycles. The molecule has 1 aromatic heterocycles. The van der Waals surface area contributed by atoms with Gasteiger partial charge in [0, 0.05) is 17.6 Å². The summed E-state index contributed by atoms with van der Waals surface area (Å²) in [6.45, 7) is 4.08. The number of ether oxygens (including phenoxy) is 1. The Morgan fingerprint density at radius 2 is 1.80 bits per heavy atom. The van der Waals surface area contributed by atoms with Crippen LogP contribution in [0, 0.1) is 13.8 Å². The molecule has 0 amide bonds.